The summed E-state index contributed by atoms with van der Waals surface area (Å²) in [6.45, 7) is 4.51. The predicted octanol–water partition coefficient (Wildman–Crippen LogP) is 5.37. The summed E-state index contributed by atoms with van der Waals surface area (Å²) in [5, 5.41) is 3.11. The van der Waals surface area contributed by atoms with Gasteiger partial charge in [0.05, 0.1) is 6.20 Å². The highest BCUT2D eigenvalue weighted by Crippen LogP contribution is 2.26. The van der Waals surface area contributed by atoms with Gasteiger partial charge >= 0.3 is 0 Å². The Kier molecular flexibility index (Phi) is 7.08. The second-order valence-electron chi connectivity index (χ2n) is 7.47. The third kappa shape index (κ3) is 5.11. The number of carbonyl (C=O) groups excluding carboxylic acids is 2. The molecule has 1 aromatic heterocycles. The second kappa shape index (κ2) is 9.52. The van der Waals surface area contributed by atoms with E-state index in [-0.39, 0.29) is 11.8 Å². The third-order valence-electron chi connectivity index (χ3n) is 5.30. The summed E-state index contributed by atoms with van der Waals surface area (Å²) < 4.78 is 0.502. The molecule has 1 aliphatic heterocycles. The van der Waals surface area contributed by atoms with Gasteiger partial charge in [-0.25, -0.2) is 4.98 Å². The van der Waals surface area contributed by atoms with Gasteiger partial charge in [-0.05, 0) is 24.5 Å². The molecule has 1 saturated carbocycles. The number of halogens is 1. The van der Waals surface area contributed by atoms with Crippen LogP contribution in [0.15, 0.2) is 30.5 Å². The number of nitrogens with one attached hydrogen (secondary N) is 1. The van der Waals surface area contributed by atoms with E-state index < -0.39 is 6.04 Å². The van der Waals surface area contributed by atoms with E-state index in [1.807, 2.05) is 18.2 Å². The van der Waals surface area contributed by atoms with Gasteiger partial charge in [0, 0.05) is 12.1 Å². The smallest absolute Gasteiger partial charge is 0.255 e. The summed E-state index contributed by atoms with van der Waals surface area (Å²) in [6, 6.07) is 6.81. The quantitative estimate of drug-likeness (QED) is 0.727. The maximum Gasteiger partial charge on any atom is 0.255 e. The molecule has 2 heterocycles. The van der Waals surface area contributed by atoms with Gasteiger partial charge in [-0.2, -0.15) is 0 Å². The van der Waals surface area contributed by atoms with Crippen molar-refractivity contribution in [1.29, 1.82) is 0 Å². The van der Waals surface area contributed by atoms with Crippen LogP contribution < -0.4 is 5.32 Å². The zero-order valence-corrected chi connectivity index (χ0v) is 17.9. The normalized spacial score (nSPS) is 17.5. The average molecular weight is 420 g/mol. The lowest BCUT2D eigenvalue weighted by Crippen LogP contribution is -2.42. The standard InChI is InChI=1S/C14H12ClN3O2S.C7H14/c1-8(12(19)17-14-16-6-11(15)21-14)18-7-9-4-2-3-5-10(9)13(18)20;1-7-5-3-2-4-6-7/h2-6,8H,7H2,1H3,(H,16,17,19);7H,2-6H2,1H3. The molecule has 1 atom stereocenters. The number of thiazole rings is 1. The highest BCUT2D eigenvalue weighted by Gasteiger charge is 2.33. The minimum Gasteiger partial charge on any atom is -0.323 e. The molecule has 28 heavy (non-hydrogen) atoms. The molecule has 5 nitrogen and oxygen atoms in total. The Morgan fingerprint density at radius 3 is 2.57 bits per heavy atom. The molecular weight excluding hydrogens is 394 g/mol. The molecule has 1 aromatic carbocycles. The fourth-order valence-corrected chi connectivity index (χ4v) is 4.38. The van der Waals surface area contributed by atoms with E-state index in [2.05, 4.69) is 17.2 Å². The fraction of sp³-hybridized carbons (Fsp3) is 0.476. The molecule has 0 spiro atoms. The molecule has 2 aliphatic rings. The zero-order chi connectivity index (χ0) is 20.1. The van der Waals surface area contributed by atoms with Crippen LogP contribution in [0.2, 0.25) is 4.34 Å². The Balaban J connectivity index is 0.000000271. The third-order valence-corrected chi connectivity index (χ3v) is 6.33. The van der Waals surface area contributed by atoms with Gasteiger partial charge in [-0.15, -0.1) is 0 Å². The van der Waals surface area contributed by atoms with Crippen LogP contribution in [0.5, 0.6) is 0 Å². The Morgan fingerprint density at radius 2 is 2.00 bits per heavy atom. The maximum atomic E-state index is 12.3. The summed E-state index contributed by atoms with van der Waals surface area (Å²) >= 11 is 6.96. The number of benzene rings is 1. The van der Waals surface area contributed by atoms with Gasteiger partial charge in [0.2, 0.25) is 5.91 Å². The van der Waals surface area contributed by atoms with E-state index in [1.165, 1.54) is 49.6 Å². The lowest BCUT2D eigenvalue weighted by molar-refractivity contribution is -0.120. The second-order valence-corrected chi connectivity index (χ2v) is 9.13. The lowest BCUT2D eigenvalue weighted by Gasteiger charge is -2.22. The predicted molar refractivity (Wildman–Crippen MR) is 114 cm³/mol. The van der Waals surface area contributed by atoms with Gasteiger partial charge in [-0.3, -0.25) is 9.59 Å². The number of fused-ring (bicyclic) bond motifs is 1. The molecule has 2 aromatic rings. The molecule has 0 saturated heterocycles. The first-order chi connectivity index (χ1) is 13.5. The zero-order valence-electron chi connectivity index (χ0n) is 16.3. The number of anilines is 1. The van der Waals surface area contributed by atoms with Crippen LogP contribution in [-0.4, -0.2) is 27.7 Å². The number of rotatable bonds is 3. The number of nitrogens with zero attached hydrogens (tertiary/aromatic N) is 2. The number of hydrogen-bond donors (Lipinski definition) is 1. The van der Waals surface area contributed by atoms with E-state index in [0.717, 1.165) is 11.5 Å². The maximum absolute atomic E-state index is 12.3. The van der Waals surface area contributed by atoms with Crippen LogP contribution in [0.1, 0.15) is 61.9 Å². The molecule has 150 valence electrons. The first-order valence-electron chi connectivity index (χ1n) is 9.76. The van der Waals surface area contributed by atoms with Gasteiger partial charge < -0.3 is 10.2 Å². The van der Waals surface area contributed by atoms with Gasteiger partial charge in [-0.1, -0.05) is 80.2 Å². The average Bonchev–Trinajstić information content (AvgIpc) is 3.25. The Morgan fingerprint density at radius 1 is 1.29 bits per heavy atom. The number of aromatic nitrogens is 1. The summed E-state index contributed by atoms with van der Waals surface area (Å²) in [5.41, 5.74) is 1.61. The molecule has 1 fully saturated rings. The van der Waals surface area contributed by atoms with Crippen molar-refractivity contribution in [1.82, 2.24) is 9.88 Å². The van der Waals surface area contributed by atoms with Crippen LogP contribution in [-0.2, 0) is 11.3 Å². The molecule has 7 heteroatoms. The van der Waals surface area contributed by atoms with Crippen LogP contribution in [0.4, 0.5) is 5.13 Å². The summed E-state index contributed by atoms with van der Waals surface area (Å²) in [4.78, 5) is 30.1. The van der Waals surface area contributed by atoms with Crippen LogP contribution in [0.25, 0.3) is 0 Å². The molecule has 1 aliphatic carbocycles. The number of amides is 2. The number of carbonyl (C=O) groups is 2. The van der Waals surface area contributed by atoms with Crippen molar-refractivity contribution in [2.24, 2.45) is 5.92 Å². The summed E-state index contributed by atoms with van der Waals surface area (Å²) in [5.74, 6) is 0.640. The van der Waals surface area contributed by atoms with E-state index in [0.29, 0.717) is 21.6 Å². The molecule has 0 bridgehead atoms. The van der Waals surface area contributed by atoms with Crippen molar-refractivity contribution >= 4 is 39.9 Å². The molecule has 2 amide bonds. The van der Waals surface area contributed by atoms with Gasteiger partial charge in [0.15, 0.2) is 5.13 Å². The van der Waals surface area contributed by atoms with Crippen molar-refractivity contribution in [3.63, 3.8) is 0 Å². The Hall–Kier alpha value is -1.92. The summed E-state index contributed by atoms with van der Waals surface area (Å²) in [6.07, 6.45) is 8.91. The first-order valence-corrected chi connectivity index (χ1v) is 11.0. The van der Waals surface area contributed by atoms with E-state index >= 15 is 0 Å². The van der Waals surface area contributed by atoms with Crippen molar-refractivity contribution in [3.05, 3.63) is 45.9 Å². The summed E-state index contributed by atoms with van der Waals surface area (Å²) in [7, 11) is 0. The van der Waals surface area contributed by atoms with E-state index in [1.54, 1.807) is 17.9 Å². The topological polar surface area (TPSA) is 62.3 Å². The molecular formula is C21H26ClN3O2S. The van der Waals surface area contributed by atoms with Crippen molar-refractivity contribution in [2.75, 3.05) is 5.32 Å². The van der Waals surface area contributed by atoms with Gasteiger partial charge in [0.25, 0.3) is 5.91 Å². The van der Waals surface area contributed by atoms with Crippen molar-refractivity contribution < 1.29 is 9.59 Å². The monoisotopic (exact) mass is 419 g/mol. The highest BCUT2D eigenvalue weighted by atomic mass is 35.5. The van der Waals surface area contributed by atoms with Crippen LogP contribution in [0.3, 0.4) is 0 Å². The van der Waals surface area contributed by atoms with Crippen molar-refractivity contribution in [2.45, 2.75) is 58.5 Å². The SMILES string of the molecule is CC(C(=O)Nc1ncc(Cl)s1)N1Cc2ccccc2C1=O.CC1CCCCC1. The van der Waals surface area contributed by atoms with Crippen molar-refractivity contribution in [3.8, 4) is 0 Å². The number of hydrogen-bond acceptors (Lipinski definition) is 4. The molecule has 1 unspecified atom stereocenters. The fourth-order valence-electron chi connectivity index (χ4n) is 3.56. The Labute approximate surface area is 175 Å². The van der Waals surface area contributed by atoms with Crippen LogP contribution in [0, 0.1) is 5.92 Å². The first kappa shape index (κ1) is 20.8. The van der Waals surface area contributed by atoms with Gasteiger partial charge in [0.1, 0.15) is 10.4 Å². The Bertz CT molecular complexity index is 833. The highest BCUT2D eigenvalue weighted by molar-refractivity contribution is 7.19. The minimum atomic E-state index is -0.576. The van der Waals surface area contributed by atoms with E-state index in [9.17, 15) is 9.59 Å². The molecule has 1 N–H and O–H groups in total. The van der Waals surface area contributed by atoms with E-state index in [4.69, 9.17) is 11.6 Å². The minimum absolute atomic E-state index is 0.120. The molecule has 4 rings (SSSR count). The lowest BCUT2D eigenvalue weighted by atomic mass is 9.91. The van der Waals surface area contributed by atoms with Crippen LogP contribution >= 0.6 is 22.9 Å². The largest absolute Gasteiger partial charge is 0.323 e. The molecule has 0 radical (unpaired) electrons.